The smallest absolute Gasteiger partial charge is 0.288 e. The predicted octanol–water partition coefficient (Wildman–Crippen LogP) is 5.26. The van der Waals surface area contributed by atoms with Gasteiger partial charge in [-0.05, 0) is 61.0 Å². The van der Waals surface area contributed by atoms with Gasteiger partial charge in [-0.3, -0.25) is 19.3 Å². The van der Waals surface area contributed by atoms with Crippen LogP contribution in [-0.4, -0.2) is 20.2 Å². The van der Waals surface area contributed by atoms with Gasteiger partial charge in [-0.2, -0.15) is 0 Å². The largest absolute Gasteiger partial charge is 0.306 e. The van der Waals surface area contributed by atoms with Gasteiger partial charge in [0.05, 0.1) is 4.92 Å². The topological polar surface area (TPSA) is 89.5 Å². The van der Waals surface area contributed by atoms with Gasteiger partial charge in [0.2, 0.25) is 0 Å². The fraction of sp³-hybridized carbons (Fsp3) is 0.0476. The van der Waals surface area contributed by atoms with Crippen molar-refractivity contribution in [1.29, 1.82) is 0 Å². The lowest BCUT2D eigenvalue weighted by Gasteiger charge is -2.08. The summed E-state index contributed by atoms with van der Waals surface area (Å²) < 4.78 is 15.1. The number of rotatable bonds is 4. The standard InChI is InChI=1S/C21H14ClFN4O3/c1-12-8-9-26-18(10-12)24-19(13-2-5-15(23)6-3-13)20(26)25-21(28)14-4-7-16(22)17(11-14)27(29)30/h2-11H,1H3,(H,25,28). The van der Waals surface area contributed by atoms with E-state index in [1.165, 1.54) is 24.3 Å². The quantitative estimate of drug-likeness (QED) is 0.357. The van der Waals surface area contributed by atoms with Gasteiger partial charge >= 0.3 is 0 Å². The number of halogens is 2. The number of benzene rings is 2. The molecule has 0 aliphatic heterocycles. The molecule has 0 radical (unpaired) electrons. The number of carbonyl (C=O) groups is 1. The number of hydrogen-bond donors (Lipinski definition) is 1. The molecule has 7 nitrogen and oxygen atoms in total. The molecule has 2 aromatic heterocycles. The number of amides is 1. The van der Waals surface area contributed by atoms with E-state index in [2.05, 4.69) is 10.3 Å². The maximum Gasteiger partial charge on any atom is 0.288 e. The minimum Gasteiger partial charge on any atom is -0.306 e. The molecular formula is C21H14ClFN4O3. The molecule has 0 aliphatic carbocycles. The monoisotopic (exact) mass is 424 g/mol. The number of nitro benzene ring substituents is 1. The zero-order valence-electron chi connectivity index (χ0n) is 15.6. The molecule has 0 aliphatic rings. The first-order valence-corrected chi connectivity index (χ1v) is 9.21. The Morgan fingerprint density at radius 1 is 1.17 bits per heavy atom. The highest BCUT2D eigenvalue weighted by Crippen LogP contribution is 2.31. The Morgan fingerprint density at radius 2 is 1.90 bits per heavy atom. The second-order valence-electron chi connectivity index (χ2n) is 6.63. The van der Waals surface area contributed by atoms with Gasteiger partial charge in [0.25, 0.3) is 11.6 Å². The lowest BCUT2D eigenvalue weighted by Crippen LogP contribution is -2.14. The van der Waals surface area contributed by atoms with Crippen molar-refractivity contribution >= 4 is 34.7 Å². The number of nitrogens with one attached hydrogen (secondary N) is 1. The number of aryl methyl sites for hydroxylation is 1. The predicted molar refractivity (Wildman–Crippen MR) is 111 cm³/mol. The summed E-state index contributed by atoms with van der Waals surface area (Å²) >= 11 is 5.83. The van der Waals surface area contributed by atoms with E-state index in [0.717, 1.165) is 11.6 Å². The van der Waals surface area contributed by atoms with Gasteiger partial charge in [0.1, 0.15) is 28.0 Å². The molecule has 0 saturated heterocycles. The molecule has 4 rings (SSSR count). The molecule has 2 aromatic carbocycles. The van der Waals surface area contributed by atoms with Crippen LogP contribution in [-0.2, 0) is 0 Å². The summed E-state index contributed by atoms with van der Waals surface area (Å²) in [5.41, 5.74) is 2.32. The average Bonchev–Trinajstić information content (AvgIpc) is 3.06. The SMILES string of the molecule is Cc1ccn2c(NC(=O)c3ccc(Cl)c([N+](=O)[O-])c3)c(-c3ccc(F)cc3)nc2c1. The zero-order chi connectivity index (χ0) is 21.4. The van der Waals surface area contributed by atoms with Gasteiger partial charge in [-0.15, -0.1) is 0 Å². The molecule has 1 N–H and O–H groups in total. The number of carbonyl (C=O) groups excluding carboxylic acids is 1. The summed E-state index contributed by atoms with van der Waals surface area (Å²) in [7, 11) is 0. The highest BCUT2D eigenvalue weighted by Gasteiger charge is 2.20. The second-order valence-corrected chi connectivity index (χ2v) is 7.03. The minimum absolute atomic E-state index is 0.0613. The molecule has 0 saturated carbocycles. The Balaban J connectivity index is 1.81. The van der Waals surface area contributed by atoms with Crippen LogP contribution in [0.1, 0.15) is 15.9 Å². The van der Waals surface area contributed by atoms with E-state index in [-0.39, 0.29) is 16.3 Å². The molecular weight excluding hydrogens is 411 g/mol. The number of nitrogens with zero attached hydrogens (tertiary/aromatic N) is 3. The molecule has 0 spiro atoms. The third-order valence-electron chi connectivity index (χ3n) is 4.54. The number of anilines is 1. The Kier molecular flexibility index (Phi) is 4.93. The summed E-state index contributed by atoms with van der Waals surface area (Å²) in [6.07, 6.45) is 1.75. The van der Waals surface area contributed by atoms with Crippen molar-refractivity contribution in [3.05, 3.63) is 92.9 Å². The summed E-state index contributed by atoms with van der Waals surface area (Å²) in [6, 6.07) is 13.2. The highest BCUT2D eigenvalue weighted by atomic mass is 35.5. The van der Waals surface area contributed by atoms with E-state index in [0.29, 0.717) is 22.7 Å². The Labute approximate surface area is 174 Å². The van der Waals surface area contributed by atoms with Crippen LogP contribution >= 0.6 is 11.6 Å². The lowest BCUT2D eigenvalue weighted by molar-refractivity contribution is -0.384. The maximum absolute atomic E-state index is 13.4. The molecule has 4 aromatic rings. The van der Waals surface area contributed by atoms with Gasteiger partial charge in [-0.25, -0.2) is 9.37 Å². The molecule has 2 heterocycles. The van der Waals surface area contributed by atoms with E-state index >= 15 is 0 Å². The van der Waals surface area contributed by atoms with Crippen LogP contribution in [0.15, 0.2) is 60.8 Å². The zero-order valence-corrected chi connectivity index (χ0v) is 16.4. The minimum atomic E-state index is -0.653. The van der Waals surface area contributed by atoms with E-state index in [9.17, 15) is 19.3 Å². The average molecular weight is 425 g/mol. The van der Waals surface area contributed by atoms with Crippen molar-refractivity contribution in [3.63, 3.8) is 0 Å². The third kappa shape index (κ3) is 3.60. The molecule has 0 unspecified atom stereocenters. The van der Waals surface area contributed by atoms with Crippen LogP contribution in [0.5, 0.6) is 0 Å². The number of aromatic nitrogens is 2. The van der Waals surface area contributed by atoms with Gasteiger partial charge < -0.3 is 5.32 Å². The van der Waals surface area contributed by atoms with Crippen molar-refractivity contribution in [2.75, 3.05) is 5.32 Å². The van der Waals surface area contributed by atoms with Crippen LogP contribution in [0.25, 0.3) is 16.9 Å². The molecule has 0 bridgehead atoms. The van der Waals surface area contributed by atoms with Gasteiger partial charge in [0.15, 0.2) is 0 Å². The van der Waals surface area contributed by atoms with E-state index < -0.39 is 16.6 Å². The highest BCUT2D eigenvalue weighted by molar-refractivity contribution is 6.32. The lowest BCUT2D eigenvalue weighted by atomic mass is 10.1. The first-order chi connectivity index (χ1) is 14.3. The molecule has 0 atom stereocenters. The molecule has 0 fully saturated rings. The van der Waals surface area contributed by atoms with Crippen LogP contribution in [0.2, 0.25) is 5.02 Å². The van der Waals surface area contributed by atoms with Crippen molar-refractivity contribution in [3.8, 4) is 11.3 Å². The first-order valence-electron chi connectivity index (χ1n) is 8.83. The summed E-state index contributed by atoms with van der Waals surface area (Å²) in [4.78, 5) is 27.9. The van der Waals surface area contributed by atoms with E-state index in [1.807, 2.05) is 19.1 Å². The number of pyridine rings is 1. The molecule has 30 heavy (non-hydrogen) atoms. The van der Waals surface area contributed by atoms with E-state index in [1.54, 1.807) is 22.7 Å². The van der Waals surface area contributed by atoms with Gasteiger partial charge in [0, 0.05) is 23.4 Å². The summed E-state index contributed by atoms with van der Waals surface area (Å²) in [5, 5.41) is 13.8. The van der Waals surface area contributed by atoms with Crippen LogP contribution in [0, 0.1) is 22.9 Å². The van der Waals surface area contributed by atoms with Crippen molar-refractivity contribution in [2.45, 2.75) is 6.92 Å². The van der Waals surface area contributed by atoms with E-state index in [4.69, 9.17) is 11.6 Å². The van der Waals surface area contributed by atoms with Crippen molar-refractivity contribution < 1.29 is 14.1 Å². The Hall–Kier alpha value is -3.78. The second kappa shape index (κ2) is 7.57. The third-order valence-corrected chi connectivity index (χ3v) is 4.86. The molecule has 9 heteroatoms. The summed E-state index contributed by atoms with van der Waals surface area (Å²) in [6.45, 7) is 1.91. The fourth-order valence-corrected chi connectivity index (χ4v) is 3.24. The Bertz CT molecular complexity index is 1300. The molecule has 150 valence electrons. The number of nitro groups is 1. The van der Waals surface area contributed by atoms with Crippen molar-refractivity contribution in [2.24, 2.45) is 0 Å². The Morgan fingerprint density at radius 3 is 2.60 bits per heavy atom. The summed E-state index contributed by atoms with van der Waals surface area (Å²) in [5.74, 6) is -0.600. The van der Waals surface area contributed by atoms with Crippen LogP contribution < -0.4 is 5.32 Å². The van der Waals surface area contributed by atoms with Crippen LogP contribution in [0.4, 0.5) is 15.9 Å². The number of fused-ring (bicyclic) bond motifs is 1. The normalized spacial score (nSPS) is 10.9. The number of imidazole rings is 1. The maximum atomic E-state index is 13.4. The fourth-order valence-electron chi connectivity index (χ4n) is 3.05. The number of hydrogen-bond acceptors (Lipinski definition) is 4. The van der Waals surface area contributed by atoms with Crippen molar-refractivity contribution in [1.82, 2.24) is 9.38 Å². The first kappa shape index (κ1) is 19.5. The van der Waals surface area contributed by atoms with Gasteiger partial charge in [-0.1, -0.05) is 11.6 Å². The van der Waals surface area contributed by atoms with Crippen LogP contribution in [0.3, 0.4) is 0 Å². The molecule has 1 amide bonds.